The third-order valence-electron chi connectivity index (χ3n) is 14.7. The molecule has 0 aliphatic heterocycles. The quantitative estimate of drug-likeness (QED) is 0.164. The molecule has 0 N–H and O–H groups in total. The minimum atomic E-state index is 1.08. The molecule has 0 fully saturated rings. The molecule has 5 nitrogen and oxygen atoms in total. The lowest BCUT2D eigenvalue weighted by molar-refractivity contribution is 1.14. The first kappa shape index (κ1) is 39.4. The van der Waals surface area contributed by atoms with Crippen molar-refractivity contribution in [1.29, 1.82) is 0 Å². The predicted octanol–water partition coefficient (Wildman–Crippen LogP) is 17.1. The molecule has 0 amide bonds. The van der Waals surface area contributed by atoms with Crippen molar-refractivity contribution in [3.8, 4) is 28.4 Å². The molecule has 11 aromatic carbocycles. The van der Waals surface area contributed by atoms with E-state index in [1.807, 2.05) is 0 Å². The van der Waals surface area contributed by atoms with Gasteiger partial charge in [-0.05, 0) is 144 Å². The van der Waals surface area contributed by atoms with Crippen LogP contribution in [0.5, 0.6) is 0 Å². The second kappa shape index (κ2) is 15.5. The van der Waals surface area contributed by atoms with Gasteiger partial charge < -0.3 is 22.8 Å². The van der Waals surface area contributed by atoms with Gasteiger partial charge in [0.2, 0.25) is 0 Å². The van der Waals surface area contributed by atoms with E-state index in [2.05, 4.69) is 284 Å². The Morgan fingerprint density at radius 3 is 0.958 bits per heavy atom. The Morgan fingerprint density at radius 1 is 0.169 bits per heavy atom. The molecule has 0 saturated carbocycles. The molecule has 0 atom stereocenters. The zero-order valence-corrected chi connectivity index (χ0v) is 38.6. The van der Waals surface area contributed by atoms with Gasteiger partial charge in [0.1, 0.15) is 0 Å². The molecule has 0 aliphatic rings. The van der Waals surface area contributed by atoms with Crippen LogP contribution in [-0.4, -0.2) is 22.8 Å². The summed E-state index contributed by atoms with van der Waals surface area (Å²) in [4.78, 5) is 0. The SMILES string of the molecule is c1ccc(-n2c3ccc4cc3c3cc(ccc32)n(-c2ccc3c5ccccc5n(-c5ccccc5)c3c2)c2cccc(c2)c2cccc(c2)n4-c2ccc3c4ccccc4n(-c4ccccc4)c3c2)cc1. The van der Waals surface area contributed by atoms with E-state index < -0.39 is 0 Å². The summed E-state index contributed by atoms with van der Waals surface area (Å²) >= 11 is 0. The van der Waals surface area contributed by atoms with Gasteiger partial charge in [-0.25, -0.2) is 0 Å². The van der Waals surface area contributed by atoms with E-state index in [1.54, 1.807) is 0 Å². The van der Waals surface area contributed by atoms with E-state index >= 15 is 0 Å². The van der Waals surface area contributed by atoms with Crippen LogP contribution in [0.25, 0.3) is 127 Å². The highest BCUT2D eigenvalue weighted by Gasteiger charge is 2.19. The maximum absolute atomic E-state index is 2.44. The number of nitrogens with zero attached hydrogens (tertiary/aromatic N) is 5. The molecule has 8 bridgehead atoms. The van der Waals surface area contributed by atoms with Crippen LogP contribution in [0, 0.1) is 0 Å². The highest BCUT2D eigenvalue weighted by molar-refractivity contribution is 6.13. The number of fused-ring (bicyclic) bond motifs is 13. The standard InChI is InChI=1S/C66H43N5/c1-4-18-46(19-5-1)69-63-36-32-51-40-59(63)60-41-52(33-37-64(60)69)68(54-31-35-58-56-27-11-13-29-62(56)71(66(58)43-54)48-22-8-3-9-23-48)50-25-15-17-45(39-50)44-16-14-24-49(38-44)67(51)53-30-34-57-55-26-10-12-28-61(55)70(65(57)42-53)47-20-6-2-7-21-47/h1-43H. The molecule has 4 aromatic heterocycles. The largest absolute Gasteiger partial charge is 0.310 e. The first-order valence-electron chi connectivity index (χ1n) is 24.3. The molecule has 4 heterocycles. The molecule has 5 heteroatoms. The third-order valence-corrected chi connectivity index (χ3v) is 14.7. The van der Waals surface area contributed by atoms with Gasteiger partial charge in [-0.3, -0.25) is 0 Å². The van der Waals surface area contributed by atoms with E-state index in [1.165, 1.54) is 43.4 Å². The lowest BCUT2D eigenvalue weighted by Gasteiger charge is -2.15. The van der Waals surface area contributed by atoms with Gasteiger partial charge >= 0.3 is 0 Å². The van der Waals surface area contributed by atoms with Gasteiger partial charge in [-0.2, -0.15) is 0 Å². The highest BCUT2D eigenvalue weighted by atomic mass is 15.0. The van der Waals surface area contributed by atoms with E-state index in [4.69, 9.17) is 0 Å². The van der Waals surface area contributed by atoms with Crippen molar-refractivity contribution in [2.45, 2.75) is 0 Å². The average molecular weight is 906 g/mol. The molecule has 0 spiro atoms. The summed E-state index contributed by atoms with van der Waals surface area (Å²) in [7, 11) is 0. The van der Waals surface area contributed by atoms with Crippen LogP contribution >= 0.6 is 0 Å². The fourth-order valence-corrected chi connectivity index (χ4v) is 11.6. The summed E-state index contributed by atoms with van der Waals surface area (Å²) in [6.45, 7) is 0. The van der Waals surface area contributed by atoms with E-state index in [0.717, 1.165) is 83.3 Å². The molecule has 0 aliphatic carbocycles. The van der Waals surface area contributed by atoms with Gasteiger partial charge in [0.05, 0.1) is 33.1 Å². The van der Waals surface area contributed by atoms with Crippen molar-refractivity contribution in [3.63, 3.8) is 0 Å². The lowest BCUT2D eigenvalue weighted by atomic mass is 10.1. The summed E-state index contributed by atoms with van der Waals surface area (Å²) in [5.41, 5.74) is 16.9. The monoisotopic (exact) mass is 905 g/mol. The summed E-state index contributed by atoms with van der Waals surface area (Å²) < 4.78 is 12.1. The van der Waals surface area contributed by atoms with Gasteiger partial charge in [0.15, 0.2) is 0 Å². The van der Waals surface area contributed by atoms with Gasteiger partial charge in [0.25, 0.3) is 0 Å². The van der Waals surface area contributed by atoms with Crippen molar-refractivity contribution in [1.82, 2.24) is 22.8 Å². The van der Waals surface area contributed by atoms with E-state index in [0.29, 0.717) is 0 Å². The number of hydrogen-bond donors (Lipinski definition) is 0. The van der Waals surface area contributed by atoms with Crippen molar-refractivity contribution in [2.24, 2.45) is 0 Å². The maximum Gasteiger partial charge on any atom is 0.0561 e. The van der Waals surface area contributed by atoms with E-state index in [-0.39, 0.29) is 0 Å². The van der Waals surface area contributed by atoms with Crippen LogP contribution in [0.3, 0.4) is 0 Å². The zero-order chi connectivity index (χ0) is 46.6. The number of aromatic nitrogens is 5. The Kier molecular flexibility index (Phi) is 8.59. The molecule has 71 heavy (non-hydrogen) atoms. The average Bonchev–Trinajstić information content (AvgIpc) is 4.07. The Balaban J connectivity index is 1.07. The molecular formula is C66H43N5. The van der Waals surface area contributed by atoms with Crippen molar-refractivity contribution >= 4 is 98.3 Å². The topological polar surface area (TPSA) is 24.6 Å². The molecule has 15 rings (SSSR count). The van der Waals surface area contributed by atoms with Crippen LogP contribution in [0.2, 0.25) is 0 Å². The Labute approximate surface area is 408 Å². The Bertz CT molecular complexity index is 4400. The number of para-hydroxylation sites is 5. The Hall–Kier alpha value is -9.58. The molecule has 0 saturated heterocycles. The Morgan fingerprint density at radius 2 is 0.521 bits per heavy atom. The number of hydrogen-bond acceptors (Lipinski definition) is 0. The third kappa shape index (κ3) is 6.06. The highest BCUT2D eigenvalue weighted by Crippen LogP contribution is 2.39. The van der Waals surface area contributed by atoms with Crippen LogP contribution in [0.15, 0.2) is 261 Å². The molecular weight excluding hydrogens is 863 g/mol. The van der Waals surface area contributed by atoms with Crippen molar-refractivity contribution in [2.75, 3.05) is 0 Å². The second-order valence-corrected chi connectivity index (χ2v) is 18.6. The normalized spacial score (nSPS) is 11.9. The van der Waals surface area contributed by atoms with Gasteiger partial charge in [-0.1, -0.05) is 127 Å². The summed E-state index contributed by atoms with van der Waals surface area (Å²) in [5.74, 6) is 0. The van der Waals surface area contributed by atoms with E-state index in [9.17, 15) is 0 Å². The summed E-state index contributed by atoms with van der Waals surface area (Å²) in [6, 6.07) is 95.8. The molecule has 0 radical (unpaired) electrons. The minimum absolute atomic E-state index is 1.08. The van der Waals surface area contributed by atoms with Crippen LogP contribution in [0.4, 0.5) is 0 Å². The summed E-state index contributed by atoms with van der Waals surface area (Å²) in [6.07, 6.45) is 0. The van der Waals surface area contributed by atoms with Crippen LogP contribution in [0.1, 0.15) is 0 Å². The smallest absolute Gasteiger partial charge is 0.0561 e. The van der Waals surface area contributed by atoms with Crippen LogP contribution in [-0.2, 0) is 0 Å². The predicted molar refractivity (Wildman–Crippen MR) is 298 cm³/mol. The van der Waals surface area contributed by atoms with Crippen molar-refractivity contribution in [3.05, 3.63) is 261 Å². The first-order chi connectivity index (χ1) is 35.2. The second-order valence-electron chi connectivity index (χ2n) is 18.6. The van der Waals surface area contributed by atoms with Gasteiger partial charge in [-0.15, -0.1) is 0 Å². The fourth-order valence-electron chi connectivity index (χ4n) is 11.6. The van der Waals surface area contributed by atoms with Crippen molar-refractivity contribution < 1.29 is 0 Å². The molecule has 15 aromatic rings. The summed E-state index contributed by atoms with van der Waals surface area (Å²) in [5, 5.41) is 9.54. The van der Waals surface area contributed by atoms with Gasteiger partial charge in [0, 0.05) is 82.8 Å². The maximum atomic E-state index is 2.44. The molecule has 0 unspecified atom stereocenters. The minimum Gasteiger partial charge on any atom is -0.310 e. The fraction of sp³-hybridized carbons (Fsp3) is 0. The lowest BCUT2D eigenvalue weighted by Crippen LogP contribution is -1.99. The number of rotatable bonds is 5. The zero-order valence-electron chi connectivity index (χ0n) is 38.6. The first-order valence-corrected chi connectivity index (χ1v) is 24.3. The van der Waals surface area contributed by atoms with Crippen LogP contribution < -0.4 is 0 Å². The molecule has 332 valence electrons. The number of benzene rings is 11.